The molecule has 2 aromatic heterocycles. The summed E-state index contributed by atoms with van der Waals surface area (Å²) in [5.74, 6) is 1.38. The molecule has 0 unspecified atom stereocenters. The van der Waals surface area contributed by atoms with Crippen LogP contribution in [0.25, 0.3) is 5.95 Å². The molecule has 2 aromatic rings. The van der Waals surface area contributed by atoms with Crippen LogP contribution in [-0.2, 0) is 9.47 Å². The lowest BCUT2D eigenvalue weighted by atomic mass is 10.6. The average molecular weight is 293 g/mol. The van der Waals surface area contributed by atoms with Crippen LogP contribution in [0, 0.1) is 0 Å². The van der Waals surface area contributed by atoms with Crippen LogP contribution in [0.15, 0.2) is 18.5 Å². The van der Waals surface area contributed by atoms with Crippen molar-refractivity contribution in [3.8, 4) is 5.95 Å². The zero-order valence-electron chi connectivity index (χ0n) is 12.1. The van der Waals surface area contributed by atoms with Gasteiger partial charge in [0.25, 0.3) is 5.95 Å². The van der Waals surface area contributed by atoms with Crippen molar-refractivity contribution in [2.45, 2.75) is 0 Å². The molecule has 0 spiro atoms. The van der Waals surface area contributed by atoms with Crippen molar-refractivity contribution in [1.82, 2.24) is 24.7 Å². The molecule has 0 aliphatic heterocycles. The van der Waals surface area contributed by atoms with Crippen molar-refractivity contribution in [1.29, 1.82) is 0 Å². The molecular formula is C12H19N7O2. The number of nitrogens with one attached hydrogen (secondary N) is 2. The van der Waals surface area contributed by atoms with Crippen molar-refractivity contribution < 1.29 is 9.47 Å². The largest absolute Gasteiger partial charge is 0.382 e. The third kappa shape index (κ3) is 4.65. The van der Waals surface area contributed by atoms with Crippen molar-refractivity contribution in [3.63, 3.8) is 0 Å². The van der Waals surface area contributed by atoms with E-state index in [1.165, 1.54) is 0 Å². The summed E-state index contributed by atoms with van der Waals surface area (Å²) in [5, 5.41) is 10.1. The van der Waals surface area contributed by atoms with Gasteiger partial charge in [0, 0.05) is 33.1 Å². The van der Waals surface area contributed by atoms with Crippen molar-refractivity contribution in [3.05, 3.63) is 18.5 Å². The summed E-state index contributed by atoms with van der Waals surface area (Å²) in [6.07, 6.45) is 3.44. The number of methoxy groups -OCH3 is 1. The quantitative estimate of drug-likeness (QED) is 0.631. The number of rotatable bonds is 9. The van der Waals surface area contributed by atoms with E-state index in [-0.39, 0.29) is 0 Å². The van der Waals surface area contributed by atoms with Crippen LogP contribution in [0.2, 0.25) is 0 Å². The molecule has 0 saturated heterocycles. The highest BCUT2D eigenvalue weighted by atomic mass is 16.5. The van der Waals surface area contributed by atoms with E-state index in [0.717, 1.165) is 0 Å². The molecule has 0 aromatic carbocycles. The average Bonchev–Trinajstić information content (AvgIpc) is 3.05. The highest BCUT2D eigenvalue weighted by Gasteiger charge is 2.07. The van der Waals surface area contributed by atoms with Crippen LogP contribution < -0.4 is 10.6 Å². The minimum absolute atomic E-state index is 0.446. The first-order valence-corrected chi connectivity index (χ1v) is 6.58. The lowest BCUT2D eigenvalue weighted by Gasteiger charge is -2.08. The summed E-state index contributed by atoms with van der Waals surface area (Å²) >= 11 is 0. The van der Waals surface area contributed by atoms with Gasteiger partial charge in [-0.05, 0) is 6.07 Å². The Balaban J connectivity index is 1.94. The molecule has 2 N–H and O–H groups in total. The van der Waals surface area contributed by atoms with Gasteiger partial charge in [0.2, 0.25) is 11.9 Å². The SMILES string of the molecule is CNc1nc(NCCOCCOC)nc(-n2cccn2)n1. The molecule has 9 heteroatoms. The van der Waals surface area contributed by atoms with Gasteiger partial charge in [0.15, 0.2) is 0 Å². The molecule has 0 atom stereocenters. The smallest absolute Gasteiger partial charge is 0.257 e. The van der Waals surface area contributed by atoms with E-state index >= 15 is 0 Å². The maximum absolute atomic E-state index is 5.36. The summed E-state index contributed by atoms with van der Waals surface area (Å²) in [6.45, 7) is 2.28. The van der Waals surface area contributed by atoms with Gasteiger partial charge in [-0.15, -0.1) is 0 Å². The Morgan fingerprint density at radius 2 is 2.00 bits per heavy atom. The topological polar surface area (TPSA) is 99.0 Å². The van der Waals surface area contributed by atoms with Gasteiger partial charge in [-0.3, -0.25) is 0 Å². The zero-order chi connectivity index (χ0) is 14.9. The summed E-state index contributed by atoms with van der Waals surface area (Å²) < 4.78 is 11.8. The molecule has 114 valence electrons. The Morgan fingerprint density at radius 3 is 2.71 bits per heavy atom. The Bertz CT molecular complexity index is 532. The van der Waals surface area contributed by atoms with Gasteiger partial charge in [-0.25, -0.2) is 4.68 Å². The van der Waals surface area contributed by atoms with E-state index in [0.29, 0.717) is 44.2 Å². The molecule has 0 aliphatic rings. The van der Waals surface area contributed by atoms with Crippen LogP contribution in [0.3, 0.4) is 0 Å². The third-order valence-electron chi connectivity index (χ3n) is 2.52. The van der Waals surface area contributed by atoms with Crippen LogP contribution in [0.4, 0.5) is 11.9 Å². The Kier molecular flexibility index (Phi) is 5.85. The summed E-state index contributed by atoms with van der Waals surface area (Å²) in [5.41, 5.74) is 0. The Labute approximate surface area is 122 Å². The normalized spacial score (nSPS) is 10.6. The van der Waals surface area contributed by atoms with E-state index in [4.69, 9.17) is 9.47 Å². The zero-order valence-corrected chi connectivity index (χ0v) is 12.1. The Hall–Kier alpha value is -2.26. The van der Waals surface area contributed by atoms with Crippen LogP contribution in [0.1, 0.15) is 0 Å². The summed E-state index contributed by atoms with van der Waals surface area (Å²) in [6, 6.07) is 1.81. The number of ether oxygens (including phenoxy) is 2. The van der Waals surface area contributed by atoms with Gasteiger partial charge >= 0.3 is 0 Å². The van der Waals surface area contributed by atoms with Crippen molar-refractivity contribution in [2.24, 2.45) is 0 Å². The number of nitrogens with zero attached hydrogens (tertiary/aromatic N) is 5. The molecular weight excluding hydrogens is 274 g/mol. The maximum atomic E-state index is 5.36. The van der Waals surface area contributed by atoms with E-state index < -0.39 is 0 Å². The molecule has 0 aliphatic carbocycles. The summed E-state index contributed by atoms with van der Waals surface area (Å²) in [4.78, 5) is 12.8. The second-order valence-electron chi connectivity index (χ2n) is 4.02. The van der Waals surface area contributed by atoms with E-state index in [1.807, 2.05) is 0 Å². The van der Waals surface area contributed by atoms with Crippen molar-refractivity contribution in [2.75, 3.05) is 51.2 Å². The third-order valence-corrected chi connectivity index (χ3v) is 2.52. The van der Waals surface area contributed by atoms with E-state index in [9.17, 15) is 0 Å². The molecule has 2 rings (SSSR count). The summed E-state index contributed by atoms with van der Waals surface area (Å²) in [7, 11) is 3.39. The molecule has 0 radical (unpaired) electrons. The fourth-order valence-electron chi connectivity index (χ4n) is 1.52. The molecule has 0 amide bonds. The van der Waals surface area contributed by atoms with Crippen LogP contribution in [-0.4, -0.2) is 65.3 Å². The van der Waals surface area contributed by atoms with Gasteiger partial charge in [0.1, 0.15) is 0 Å². The highest BCUT2D eigenvalue weighted by molar-refractivity contribution is 5.37. The number of hydrogen-bond acceptors (Lipinski definition) is 8. The number of anilines is 2. The monoisotopic (exact) mass is 293 g/mol. The maximum Gasteiger partial charge on any atom is 0.257 e. The lowest BCUT2D eigenvalue weighted by Crippen LogP contribution is -2.16. The lowest BCUT2D eigenvalue weighted by molar-refractivity contribution is 0.0759. The van der Waals surface area contributed by atoms with Gasteiger partial charge in [-0.2, -0.15) is 20.1 Å². The number of hydrogen-bond donors (Lipinski definition) is 2. The molecule has 0 saturated carbocycles. The molecule has 21 heavy (non-hydrogen) atoms. The second-order valence-corrected chi connectivity index (χ2v) is 4.02. The first-order valence-electron chi connectivity index (χ1n) is 6.58. The first kappa shape index (κ1) is 15.1. The van der Waals surface area contributed by atoms with E-state index in [1.54, 1.807) is 37.3 Å². The van der Waals surface area contributed by atoms with E-state index in [2.05, 4.69) is 30.7 Å². The van der Waals surface area contributed by atoms with Gasteiger partial charge in [-0.1, -0.05) is 0 Å². The predicted molar refractivity (Wildman–Crippen MR) is 77.7 cm³/mol. The minimum Gasteiger partial charge on any atom is -0.382 e. The molecule has 0 bridgehead atoms. The van der Waals surface area contributed by atoms with Crippen LogP contribution >= 0.6 is 0 Å². The fourth-order valence-corrected chi connectivity index (χ4v) is 1.52. The molecule has 2 heterocycles. The van der Waals surface area contributed by atoms with Crippen LogP contribution in [0.5, 0.6) is 0 Å². The predicted octanol–water partition coefficient (Wildman–Crippen LogP) is 0.174. The molecule has 0 fully saturated rings. The van der Waals surface area contributed by atoms with Gasteiger partial charge in [0.05, 0.1) is 19.8 Å². The second kappa shape index (κ2) is 8.12. The standard InChI is InChI=1S/C12H19N7O2/c1-13-10-16-11(14-5-7-21-9-8-20-2)18-12(17-10)19-6-3-4-15-19/h3-4,6H,5,7-9H2,1-2H3,(H2,13,14,16,17,18). The highest BCUT2D eigenvalue weighted by Crippen LogP contribution is 2.07. The molecule has 9 nitrogen and oxygen atoms in total. The fraction of sp³-hybridized carbons (Fsp3) is 0.500. The minimum atomic E-state index is 0.446. The number of aromatic nitrogens is 5. The first-order chi connectivity index (χ1) is 10.3. The van der Waals surface area contributed by atoms with Gasteiger partial charge < -0.3 is 20.1 Å². The Morgan fingerprint density at radius 1 is 1.14 bits per heavy atom. The van der Waals surface area contributed by atoms with Crippen molar-refractivity contribution >= 4 is 11.9 Å².